The average Bonchev–Trinajstić information content (AvgIpc) is 2.74. The third kappa shape index (κ3) is 5.29. The molecule has 0 heterocycles. The van der Waals surface area contributed by atoms with Gasteiger partial charge in [-0.1, -0.05) is 42.0 Å². The molecule has 3 rings (SSSR count). The summed E-state index contributed by atoms with van der Waals surface area (Å²) in [6, 6.07) is 19.1. The Kier molecular flexibility index (Phi) is 6.71. The lowest BCUT2D eigenvalue weighted by molar-refractivity contribution is 0.0527. The van der Waals surface area contributed by atoms with Crippen molar-refractivity contribution in [1.29, 1.82) is 0 Å². The number of amides is 1. The standard InChI is InChI=1S/C23H22N2O5S/c1-3-30-23(27)19-9-5-6-10-20(19)24-22(26)18-8-4-7-11-21(18)25-31(28,29)17-14-12-16(2)13-15-17/h4-15,25H,3H2,1-2H3,(H,24,26). The molecule has 0 saturated heterocycles. The number of esters is 1. The largest absolute Gasteiger partial charge is 0.462 e. The fourth-order valence-corrected chi connectivity index (χ4v) is 3.94. The molecule has 0 atom stereocenters. The molecule has 0 aromatic heterocycles. The number of ether oxygens (including phenoxy) is 1. The maximum atomic E-state index is 12.9. The molecule has 8 heteroatoms. The highest BCUT2D eigenvalue weighted by molar-refractivity contribution is 7.92. The zero-order valence-electron chi connectivity index (χ0n) is 17.1. The van der Waals surface area contributed by atoms with Crippen LogP contribution in [0.25, 0.3) is 0 Å². The van der Waals surface area contributed by atoms with Gasteiger partial charge in [0.15, 0.2) is 0 Å². The third-order valence-corrected chi connectivity index (χ3v) is 5.80. The molecule has 0 spiro atoms. The molecule has 0 aliphatic heterocycles. The molecule has 3 aromatic rings. The molecular formula is C23H22N2O5S. The van der Waals surface area contributed by atoms with E-state index < -0.39 is 21.9 Å². The summed E-state index contributed by atoms with van der Waals surface area (Å²) < 4.78 is 33.0. The topological polar surface area (TPSA) is 102 Å². The molecule has 0 radical (unpaired) electrons. The van der Waals surface area contributed by atoms with Crippen molar-refractivity contribution in [3.8, 4) is 0 Å². The van der Waals surface area contributed by atoms with E-state index in [-0.39, 0.29) is 34.0 Å². The highest BCUT2D eigenvalue weighted by Gasteiger charge is 2.20. The summed E-state index contributed by atoms with van der Waals surface area (Å²) in [6.07, 6.45) is 0. The zero-order valence-corrected chi connectivity index (χ0v) is 17.9. The highest BCUT2D eigenvalue weighted by Crippen LogP contribution is 2.23. The molecule has 0 unspecified atom stereocenters. The summed E-state index contributed by atoms with van der Waals surface area (Å²) in [7, 11) is -3.89. The molecule has 31 heavy (non-hydrogen) atoms. The van der Waals surface area contributed by atoms with Crippen LogP contribution in [-0.4, -0.2) is 26.9 Å². The van der Waals surface area contributed by atoms with Gasteiger partial charge in [-0.3, -0.25) is 9.52 Å². The molecule has 160 valence electrons. The normalized spacial score (nSPS) is 10.9. The number of nitrogens with one attached hydrogen (secondary N) is 2. The summed E-state index contributed by atoms with van der Waals surface area (Å²) in [5.74, 6) is -1.13. The Labute approximate surface area is 181 Å². The Bertz CT molecular complexity index is 1200. The van der Waals surface area contributed by atoms with Crippen molar-refractivity contribution >= 4 is 33.3 Å². The second-order valence-electron chi connectivity index (χ2n) is 6.68. The molecule has 3 aromatic carbocycles. The number of hydrogen-bond donors (Lipinski definition) is 2. The molecule has 0 aliphatic carbocycles. The zero-order chi connectivity index (χ0) is 22.4. The third-order valence-electron chi connectivity index (χ3n) is 4.42. The number of rotatable bonds is 7. The summed E-state index contributed by atoms with van der Waals surface area (Å²) in [5, 5.41) is 2.66. The lowest BCUT2D eigenvalue weighted by Gasteiger charge is -2.14. The van der Waals surface area contributed by atoms with Crippen molar-refractivity contribution in [2.24, 2.45) is 0 Å². The SMILES string of the molecule is CCOC(=O)c1ccccc1NC(=O)c1ccccc1NS(=O)(=O)c1ccc(C)cc1. The minimum absolute atomic E-state index is 0.0842. The van der Waals surface area contributed by atoms with E-state index in [0.717, 1.165) is 5.56 Å². The van der Waals surface area contributed by atoms with E-state index in [1.807, 2.05) is 6.92 Å². The predicted molar refractivity (Wildman–Crippen MR) is 119 cm³/mol. The van der Waals surface area contributed by atoms with Gasteiger partial charge in [0.2, 0.25) is 0 Å². The van der Waals surface area contributed by atoms with Crippen LogP contribution >= 0.6 is 0 Å². The fourth-order valence-electron chi connectivity index (χ4n) is 2.86. The maximum absolute atomic E-state index is 12.9. The van der Waals surface area contributed by atoms with E-state index in [1.165, 1.54) is 24.3 Å². The maximum Gasteiger partial charge on any atom is 0.340 e. The van der Waals surface area contributed by atoms with Gasteiger partial charge in [-0.25, -0.2) is 13.2 Å². The average molecular weight is 439 g/mol. The van der Waals surface area contributed by atoms with Crippen molar-refractivity contribution in [3.05, 3.63) is 89.5 Å². The number of carbonyl (C=O) groups is 2. The van der Waals surface area contributed by atoms with Gasteiger partial charge in [-0.2, -0.15) is 0 Å². The van der Waals surface area contributed by atoms with Gasteiger partial charge in [0.05, 0.1) is 34.0 Å². The van der Waals surface area contributed by atoms with Crippen LogP contribution in [-0.2, 0) is 14.8 Å². The van der Waals surface area contributed by atoms with E-state index in [2.05, 4.69) is 10.0 Å². The van der Waals surface area contributed by atoms with Gasteiger partial charge in [-0.05, 0) is 50.2 Å². The number of benzene rings is 3. The van der Waals surface area contributed by atoms with Gasteiger partial charge in [-0.15, -0.1) is 0 Å². The Morgan fingerprint density at radius 2 is 1.42 bits per heavy atom. The van der Waals surface area contributed by atoms with Gasteiger partial charge in [0.25, 0.3) is 15.9 Å². The summed E-state index contributed by atoms with van der Waals surface area (Å²) in [4.78, 5) is 25.2. The summed E-state index contributed by atoms with van der Waals surface area (Å²) in [5.41, 5.74) is 1.63. The minimum Gasteiger partial charge on any atom is -0.462 e. The summed E-state index contributed by atoms with van der Waals surface area (Å²) in [6.45, 7) is 3.75. The second-order valence-corrected chi connectivity index (χ2v) is 8.37. The van der Waals surface area contributed by atoms with Crippen molar-refractivity contribution in [2.75, 3.05) is 16.6 Å². The first-order valence-corrected chi connectivity index (χ1v) is 11.1. The molecule has 0 aliphatic rings. The van der Waals surface area contributed by atoms with Crippen molar-refractivity contribution in [3.63, 3.8) is 0 Å². The van der Waals surface area contributed by atoms with Crippen LogP contribution in [0.2, 0.25) is 0 Å². The van der Waals surface area contributed by atoms with Crippen LogP contribution in [0.3, 0.4) is 0 Å². The molecule has 7 nitrogen and oxygen atoms in total. The minimum atomic E-state index is -3.89. The van der Waals surface area contributed by atoms with E-state index in [9.17, 15) is 18.0 Å². The van der Waals surface area contributed by atoms with Gasteiger partial charge in [0, 0.05) is 0 Å². The lowest BCUT2D eigenvalue weighted by Crippen LogP contribution is -2.20. The lowest BCUT2D eigenvalue weighted by atomic mass is 10.1. The summed E-state index contributed by atoms with van der Waals surface area (Å²) >= 11 is 0. The van der Waals surface area contributed by atoms with Crippen LogP contribution in [0.5, 0.6) is 0 Å². The number of hydrogen-bond acceptors (Lipinski definition) is 5. The van der Waals surface area contributed by atoms with Gasteiger partial charge >= 0.3 is 5.97 Å². The molecule has 0 fully saturated rings. The quantitative estimate of drug-likeness (QED) is 0.538. The van der Waals surface area contributed by atoms with Crippen LogP contribution in [0.15, 0.2) is 77.7 Å². The van der Waals surface area contributed by atoms with Crippen LogP contribution in [0, 0.1) is 6.92 Å². The number of sulfonamides is 1. The molecule has 2 N–H and O–H groups in total. The monoisotopic (exact) mass is 438 g/mol. The first-order chi connectivity index (χ1) is 14.8. The van der Waals surface area contributed by atoms with Crippen molar-refractivity contribution in [1.82, 2.24) is 0 Å². The van der Waals surface area contributed by atoms with E-state index in [4.69, 9.17) is 4.74 Å². The predicted octanol–water partition coefficient (Wildman–Crippen LogP) is 4.22. The van der Waals surface area contributed by atoms with Gasteiger partial charge < -0.3 is 10.1 Å². The number of para-hydroxylation sites is 2. The molecule has 0 saturated carbocycles. The molecule has 0 bridgehead atoms. The van der Waals surface area contributed by atoms with E-state index in [0.29, 0.717) is 0 Å². The Morgan fingerprint density at radius 1 is 0.839 bits per heavy atom. The van der Waals surface area contributed by atoms with Crippen molar-refractivity contribution < 1.29 is 22.7 Å². The Balaban J connectivity index is 1.88. The molecular weight excluding hydrogens is 416 g/mol. The second kappa shape index (κ2) is 9.44. The number of anilines is 2. The fraction of sp³-hybridized carbons (Fsp3) is 0.130. The first-order valence-electron chi connectivity index (χ1n) is 9.58. The van der Waals surface area contributed by atoms with Crippen LogP contribution < -0.4 is 10.0 Å². The Hall–Kier alpha value is -3.65. The van der Waals surface area contributed by atoms with E-state index in [1.54, 1.807) is 55.5 Å². The van der Waals surface area contributed by atoms with Crippen molar-refractivity contribution in [2.45, 2.75) is 18.7 Å². The smallest absolute Gasteiger partial charge is 0.340 e. The Morgan fingerprint density at radius 3 is 2.06 bits per heavy atom. The first kappa shape index (κ1) is 22.0. The van der Waals surface area contributed by atoms with Gasteiger partial charge in [0.1, 0.15) is 0 Å². The number of aryl methyl sites for hydroxylation is 1. The van der Waals surface area contributed by atoms with E-state index >= 15 is 0 Å². The highest BCUT2D eigenvalue weighted by atomic mass is 32.2. The van der Waals surface area contributed by atoms with Crippen LogP contribution in [0.1, 0.15) is 33.2 Å². The molecule has 1 amide bonds. The van der Waals surface area contributed by atoms with Crippen LogP contribution in [0.4, 0.5) is 11.4 Å². The number of carbonyl (C=O) groups excluding carboxylic acids is 2.